The molecule has 3 atom stereocenters. The third kappa shape index (κ3) is 6.25. The molecule has 3 unspecified atom stereocenters. The molecule has 2 aliphatic heterocycles. The molecule has 3 N–H and O–H groups in total. The molecule has 0 spiro atoms. The maximum Gasteiger partial charge on any atom is 0.325 e. The molecule has 0 saturated carbocycles. The van der Waals surface area contributed by atoms with Gasteiger partial charge in [0, 0.05) is 7.05 Å². The summed E-state index contributed by atoms with van der Waals surface area (Å²) in [6.07, 6.45) is 2.05. The Morgan fingerprint density at radius 2 is 1.89 bits per heavy atom. The Labute approximate surface area is 215 Å². The van der Waals surface area contributed by atoms with Crippen molar-refractivity contribution >= 4 is 29.7 Å². The molecule has 0 radical (unpaired) electrons. The van der Waals surface area contributed by atoms with Crippen LogP contribution in [0.1, 0.15) is 12.5 Å². The minimum atomic E-state index is -0.966. The van der Waals surface area contributed by atoms with E-state index in [9.17, 15) is 14.7 Å². The number of aliphatic hydroxyl groups excluding tert-OH is 1. The predicted molar refractivity (Wildman–Crippen MR) is 139 cm³/mol. The lowest BCUT2D eigenvalue weighted by molar-refractivity contribution is -0.127. The van der Waals surface area contributed by atoms with E-state index in [1.54, 1.807) is 43.3 Å². The summed E-state index contributed by atoms with van der Waals surface area (Å²) in [6, 6.07) is 15.4. The topological polar surface area (TPSA) is 128 Å². The first-order valence-corrected chi connectivity index (χ1v) is 11.8. The van der Waals surface area contributed by atoms with Crippen LogP contribution in [0.2, 0.25) is 0 Å². The van der Waals surface area contributed by atoms with Crippen molar-refractivity contribution in [2.24, 2.45) is 10.1 Å². The van der Waals surface area contributed by atoms with Crippen molar-refractivity contribution in [3.63, 3.8) is 0 Å². The lowest BCUT2D eigenvalue weighted by Crippen LogP contribution is -2.64. The number of ether oxygens (including phenoxy) is 2. The van der Waals surface area contributed by atoms with Crippen molar-refractivity contribution in [3.05, 3.63) is 66.2 Å². The zero-order valence-corrected chi connectivity index (χ0v) is 20.9. The standard InChI is InChI=1S/C26H30N6O5/c1-17(9-10-18-7-5-4-6-8-18)29-30-25-27-23-22(24(34)28-26(35)31(23)2)32(25)15-19(33)16-37-21-13-11-20(36-3)12-14-21/h4-14,19,22-23,33H,15-16H2,1-3H3,(H,27,30)(H,28,34,35)/b10-9+,29-17-. The fraction of sp³-hybridized carbons (Fsp3) is 0.308. The molecule has 2 aliphatic rings. The molecule has 0 bridgehead atoms. The molecule has 11 nitrogen and oxygen atoms in total. The maximum absolute atomic E-state index is 12.7. The Balaban J connectivity index is 1.46. The second-order valence-electron chi connectivity index (χ2n) is 8.62. The van der Waals surface area contributed by atoms with Crippen LogP contribution in [-0.2, 0) is 4.79 Å². The predicted octanol–water partition coefficient (Wildman–Crippen LogP) is 1.66. The average molecular weight is 507 g/mol. The summed E-state index contributed by atoms with van der Waals surface area (Å²) in [6.45, 7) is 1.82. The van der Waals surface area contributed by atoms with Gasteiger partial charge >= 0.3 is 6.03 Å². The van der Waals surface area contributed by atoms with Crippen molar-refractivity contribution in [1.82, 2.24) is 20.5 Å². The van der Waals surface area contributed by atoms with Crippen LogP contribution in [0, 0.1) is 0 Å². The molecule has 2 heterocycles. The van der Waals surface area contributed by atoms with Gasteiger partial charge in [0.25, 0.3) is 5.91 Å². The molecule has 1 fully saturated rings. The summed E-state index contributed by atoms with van der Waals surface area (Å²) >= 11 is 0. The van der Waals surface area contributed by atoms with Gasteiger partial charge in [0.2, 0.25) is 5.96 Å². The monoisotopic (exact) mass is 506 g/mol. The second-order valence-corrected chi connectivity index (χ2v) is 8.62. The van der Waals surface area contributed by atoms with E-state index in [0.717, 1.165) is 5.56 Å². The highest BCUT2D eigenvalue weighted by Crippen LogP contribution is 2.24. The first-order valence-electron chi connectivity index (χ1n) is 11.8. The van der Waals surface area contributed by atoms with E-state index in [1.165, 1.54) is 4.90 Å². The molecule has 0 aliphatic carbocycles. The quantitative estimate of drug-likeness (QED) is 0.349. The summed E-state index contributed by atoms with van der Waals surface area (Å²) in [4.78, 5) is 32.4. The van der Waals surface area contributed by atoms with Crippen LogP contribution in [-0.4, -0.2) is 84.1 Å². The largest absolute Gasteiger partial charge is 0.497 e. The lowest BCUT2D eigenvalue weighted by atomic mass is 10.1. The maximum atomic E-state index is 12.7. The number of hydrogen-bond donors (Lipinski definition) is 3. The smallest absolute Gasteiger partial charge is 0.325 e. The van der Waals surface area contributed by atoms with Gasteiger partial charge < -0.3 is 24.4 Å². The van der Waals surface area contributed by atoms with E-state index in [4.69, 9.17) is 9.47 Å². The molecule has 2 aromatic rings. The number of rotatable bonds is 9. The second kappa shape index (κ2) is 11.6. The van der Waals surface area contributed by atoms with Gasteiger partial charge in [-0.25, -0.2) is 15.2 Å². The lowest BCUT2D eigenvalue weighted by Gasteiger charge is -2.36. The zero-order chi connectivity index (χ0) is 26.4. The number of nitrogens with zero attached hydrogens (tertiary/aromatic N) is 4. The third-order valence-electron chi connectivity index (χ3n) is 5.92. The van der Waals surface area contributed by atoms with Crippen LogP contribution in [0.4, 0.5) is 4.79 Å². The van der Waals surface area contributed by atoms with Gasteiger partial charge in [-0.05, 0) is 42.8 Å². The van der Waals surface area contributed by atoms with Crippen LogP contribution in [0.3, 0.4) is 0 Å². The number of urea groups is 1. The third-order valence-corrected chi connectivity index (χ3v) is 5.92. The Bertz CT molecular complexity index is 1200. The van der Waals surface area contributed by atoms with Crippen molar-refractivity contribution < 1.29 is 24.2 Å². The Hall–Kier alpha value is -4.38. The highest BCUT2D eigenvalue weighted by molar-refractivity contribution is 6.04. The summed E-state index contributed by atoms with van der Waals surface area (Å²) in [5, 5.41) is 17.4. The number of hydrazone groups is 1. The molecule has 1 saturated heterocycles. The number of carbonyl (C=O) groups is 2. The number of methoxy groups -OCH3 is 1. The summed E-state index contributed by atoms with van der Waals surface area (Å²) in [7, 11) is 3.14. The van der Waals surface area contributed by atoms with Gasteiger partial charge in [-0.15, -0.1) is 0 Å². The number of fused-ring (bicyclic) bond motifs is 1. The molecule has 3 amide bonds. The van der Waals surface area contributed by atoms with Crippen LogP contribution in [0.25, 0.3) is 6.08 Å². The average Bonchev–Trinajstić information content (AvgIpc) is 3.27. The van der Waals surface area contributed by atoms with Crippen molar-refractivity contribution in [1.29, 1.82) is 0 Å². The number of aliphatic hydroxyl groups is 1. The number of aliphatic imine (C=N–C) groups is 1. The van der Waals surface area contributed by atoms with E-state index < -0.39 is 30.2 Å². The van der Waals surface area contributed by atoms with Gasteiger partial charge in [0.15, 0.2) is 12.2 Å². The molecule has 194 valence electrons. The number of imide groups is 1. The van der Waals surface area contributed by atoms with E-state index in [0.29, 0.717) is 17.2 Å². The molecule has 11 heteroatoms. The van der Waals surface area contributed by atoms with Gasteiger partial charge in [0.05, 0.1) is 19.4 Å². The molecular weight excluding hydrogens is 476 g/mol. The Morgan fingerprint density at radius 3 is 2.59 bits per heavy atom. The number of hydrogen-bond acceptors (Lipinski definition) is 9. The SMILES string of the molecule is COc1ccc(OCC(O)CN2C(N/N=C(C)\C=C\c3ccccc3)=NC3C2C(=O)NC(=O)N3C)cc1. The number of benzene rings is 2. The number of carbonyl (C=O) groups excluding carboxylic acids is 2. The highest BCUT2D eigenvalue weighted by Gasteiger charge is 2.49. The Kier molecular flexibility index (Phi) is 8.04. The molecular formula is C26H30N6O5. The number of amides is 3. The fourth-order valence-electron chi connectivity index (χ4n) is 3.92. The van der Waals surface area contributed by atoms with Gasteiger partial charge in [0.1, 0.15) is 24.2 Å². The van der Waals surface area contributed by atoms with Crippen LogP contribution < -0.4 is 20.2 Å². The number of likely N-dealkylation sites (N-methyl/N-ethyl adjacent to an activating group) is 1. The van der Waals surface area contributed by atoms with E-state index in [1.807, 2.05) is 49.4 Å². The molecule has 37 heavy (non-hydrogen) atoms. The van der Waals surface area contributed by atoms with Gasteiger partial charge in [-0.2, -0.15) is 5.10 Å². The number of nitrogens with one attached hydrogen (secondary N) is 2. The van der Waals surface area contributed by atoms with Gasteiger partial charge in [-0.3, -0.25) is 10.1 Å². The zero-order valence-electron chi connectivity index (χ0n) is 20.9. The van der Waals surface area contributed by atoms with Crippen molar-refractivity contribution in [2.45, 2.75) is 25.2 Å². The van der Waals surface area contributed by atoms with Crippen LogP contribution >= 0.6 is 0 Å². The summed E-state index contributed by atoms with van der Waals surface area (Å²) in [5.41, 5.74) is 4.59. The van der Waals surface area contributed by atoms with Crippen LogP contribution in [0.5, 0.6) is 11.5 Å². The van der Waals surface area contributed by atoms with Crippen molar-refractivity contribution in [3.8, 4) is 11.5 Å². The Morgan fingerprint density at radius 1 is 1.19 bits per heavy atom. The molecule has 0 aromatic heterocycles. The van der Waals surface area contributed by atoms with E-state index in [2.05, 4.69) is 20.8 Å². The van der Waals surface area contributed by atoms with E-state index >= 15 is 0 Å². The summed E-state index contributed by atoms with van der Waals surface area (Å²) < 4.78 is 10.8. The number of guanidine groups is 1. The number of allylic oxidation sites excluding steroid dienone is 1. The fourth-order valence-corrected chi connectivity index (χ4v) is 3.92. The minimum Gasteiger partial charge on any atom is -0.497 e. The first-order chi connectivity index (χ1) is 17.9. The minimum absolute atomic E-state index is 0.0209. The van der Waals surface area contributed by atoms with E-state index in [-0.39, 0.29) is 19.1 Å². The number of β-amino-alcohol motifs (C(OH)–C–C–N with tert-alkyl or cyclic N) is 1. The molecule has 4 rings (SSSR count). The summed E-state index contributed by atoms with van der Waals surface area (Å²) in [5.74, 6) is 1.03. The normalized spacial score (nSPS) is 20.4. The van der Waals surface area contributed by atoms with Crippen molar-refractivity contribution in [2.75, 3.05) is 27.3 Å². The van der Waals surface area contributed by atoms with Crippen LogP contribution in [0.15, 0.2) is 70.8 Å². The first kappa shape index (κ1) is 25.7. The highest BCUT2D eigenvalue weighted by atomic mass is 16.5. The van der Waals surface area contributed by atoms with Gasteiger partial charge in [-0.1, -0.05) is 36.4 Å². The molecule has 2 aromatic carbocycles.